The van der Waals surface area contributed by atoms with E-state index < -0.39 is 0 Å². The van der Waals surface area contributed by atoms with Crippen molar-refractivity contribution in [2.45, 2.75) is 32.3 Å². The number of likely N-dealkylation sites (N-methyl/N-ethyl adjacent to an activating group) is 1. The average molecular weight is 214 g/mol. The van der Waals surface area contributed by atoms with Crippen molar-refractivity contribution in [3.63, 3.8) is 0 Å². The normalized spacial score (nSPS) is 23.8. The summed E-state index contributed by atoms with van der Waals surface area (Å²) in [5, 5.41) is 0. The zero-order valence-electron chi connectivity index (χ0n) is 9.78. The largest absolute Gasteiger partial charge is 0.456 e. The molecule has 0 aromatic rings. The molecule has 0 spiro atoms. The number of ketones is 1. The molecule has 4 nitrogen and oxygen atoms in total. The predicted molar refractivity (Wildman–Crippen MR) is 56.3 cm³/mol. The number of carbonyl (C=O) groups is 2. The summed E-state index contributed by atoms with van der Waals surface area (Å²) in [4.78, 5) is 22.0. The summed E-state index contributed by atoms with van der Waals surface area (Å²) in [6, 6.07) is 0. The van der Waals surface area contributed by atoms with Crippen LogP contribution in [0.2, 0.25) is 0 Å². The van der Waals surface area contributed by atoms with E-state index in [4.69, 9.17) is 4.74 Å². The fourth-order valence-electron chi connectivity index (χ4n) is 1.85. The molecule has 0 aliphatic carbocycles. The fourth-order valence-corrected chi connectivity index (χ4v) is 1.85. The van der Waals surface area contributed by atoms with Crippen LogP contribution in [-0.2, 0) is 14.3 Å². The third-order valence-electron chi connectivity index (χ3n) is 2.73. The molecule has 1 aliphatic heterocycles. The Morgan fingerprint density at radius 3 is 2.47 bits per heavy atom. The lowest BCUT2D eigenvalue weighted by Gasteiger charge is -2.22. The van der Waals surface area contributed by atoms with Crippen molar-refractivity contribution < 1.29 is 18.8 Å². The van der Waals surface area contributed by atoms with E-state index in [0.29, 0.717) is 6.42 Å². The Balaban J connectivity index is 2.25. The van der Waals surface area contributed by atoms with Crippen molar-refractivity contribution >= 4 is 11.8 Å². The van der Waals surface area contributed by atoms with Crippen LogP contribution in [0.3, 0.4) is 0 Å². The first-order valence-electron chi connectivity index (χ1n) is 5.40. The monoisotopic (exact) mass is 214 g/mol. The molecule has 1 saturated heterocycles. The standard InChI is InChI=1S/C11H20NO3/c1-9(13)4-5-11(14)15-10-6-7-12(2,3)8-10/h10H,4-8H2,1-3H3/q+1. The Bertz CT molecular complexity index is 261. The van der Waals surface area contributed by atoms with Crippen molar-refractivity contribution in [3.8, 4) is 0 Å². The van der Waals surface area contributed by atoms with Gasteiger partial charge in [-0.25, -0.2) is 0 Å². The summed E-state index contributed by atoms with van der Waals surface area (Å²) in [6.45, 7) is 3.42. The number of hydrogen-bond donors (Lipinski definition) is 0. The van der Waals surface area contributed by atoms with Gasteiger partial charge in [0.2, 0.25) is 0 Å². The van der Waals surface area contributed by atoms with Crippen LogP contribution in [0.5, 0.6) is 0 Å². The van der Waals surface area contributed by atoms with Crippen molar-refractivity contribution in [1.29, 1.82) is 0 Å². The molecule has 1 heterocycles. The summed E-state index contributed by atoms with van der Waals surface area (Å²) in [7, 11) is 4.26. The van der Waals surface area contributed by atoms with Crippen molar-refractivity contribution in [2.75, 3.05) is 27.2 Å². The van der Waals surface area contributed by atoms with Gasteiger partial charge in [0, 0.05) is 12.8 Å². The van der Waals surface area contributed by atoms with Crippen LogP contribution < -0.4 is 0 Å². The van der Waals surface area contributed by atoms with Crippen molar-refractivity contribution in [2.24, 2.45) is 0 Å². The maximum atomic E-state index is 11.3. The highest BCUT2D eigenvalue weighted by atomic mass is 16.5. The van der Waals surface area contributed by atoms with Crippen molar-refractivity contribution in [3.05, 3.63) is 0 Å². The van der Waals surface area contributed by atoms with Gasteiger partial charge in [0.25, 0.3) is 0 Å². The molecule has 15 heavy (non-hydrogen) atoms. The molecule has 0 aromatic heterocycles. The van der Waals surface area contributed by atoms with Gasteiger partial charge in [-0.1, -0.05) is 0 Å². The second-order valence-electron chi connectivity index (χ2n) is 4.94. The number of likely N-dealkylation sites (tertiary alicyclic amines) is 1. The van der Waals surface area contributed by atoms with Gasteiger partial charge in [0.1, 0.15) is 12.3 Å². The Hall–Kier alpha value is -0.900. The van der Waals surface area contributed by atoms with E-state index >= 15 is 0 Å². The summed E-state index contributed by atoms with van der Waals surface area (Å²) in [5.41, 5.74) is 0. The van der Waals surface area contributed by atoms with Crippen LogP contribution in [0, 0.1) is 0 Å². The molecule has 0 bridgehead atoms. The number of ether oxygens (including phenoxy) is 1. The number of quaternary nitrogens is 1. The zero-order chi connectivity index (χ0) is 11.5. The summed E-state index contributed by atoms with van der Waals surface area (Å²) < 4.78 is 6.20. The van der Waals surface area contributed by atoms with Gasteiger partial charge in [-0.05, 0) is 6.92 Å². The fraction of sp³-hybridized carbons (Fsp3) is 0.818. The van der Waals surface area contributed by atoms with Crippen LogP contribution in [0.1, 0.15) is 26.2 Å². The Morgan fingerprint density at radius 2 is 2.00 bits per heavy atom. The summed E-state index contributed by atoms with van der Waals surface area (Å²) >= 11 is 0. The van der Waals surface area contributed by atoms with Gasteiger partial charge in [-0.3, -0.25) is 4.79 Å². The highest BCUT2D eigenvalue weighted by molar-refractivity contribution is 5.81. The molecule has 0 N–H and O–H groups in total. The Labute approximate surface area is 90.8 Å². The topological polar surface area (TPSA) is 43.4 Å². The maximum Gasteiger partial charge on any atom is 0.306 e. The lowest BCUT2D eigenvalue weighted by molar-refractivity contribution is -0.879. The van der Waals surface area contributed by atoms with Gasteiger partial charge in [0.15, 0.2) is 6.10 Å². The molecule has 0 amide bonds. The van der Waals surface area contributed by atoms with Gasteiger partial charge >= 0.3 is 5.97 Å². The molecular weight excluding hydrogens is 194 g/mol. The van der Waals surface area contributed by atoms with E-state index in [1.807, 2.05) is 0 Å². The third kappa shape index (κ3) is 4.42. The lowest BCUT2D eigenvalue weighted by Crippen LogP contribution is -2.38. The first kappa shape index (κ1) is 12.2. The number of Topliss-reactive ketones (excluding diaryl/α,β-unsaturated/α-hetero) is 1. The molecule has 0 radical (unpaired) electrons. The molecule has 1 atom stereocenters. The molecular formula is C11H20NO3+. The number of hydrogen-bond acceptors (Lipinski definition) is 3. The Morgan fingerprint density at radius 1 is 1.33 bits per heavy atom. The SMILES string of the molecule is CC(=O)CCC(=O)OC1CC[N+](C)(C)C1. The minimum atomic E-state index is -0.239. The van der Waals surface area contributed by atoms with E-state index in [-0.39, 0.29) is 24.3 Å². The molecule has 4 heteroatoms. The van der Waals surface area contributed by atoms with Crippen LogP contribution in [0.25, 0.3) is 0 Å². The van der Waals surface area contributed by atoms with E-state index in [2.05, 4.69) is 14.1 Å². The van der Waals surface area contributed by atoms with E-state index in [9.17, 15) is 9.59 Å². The first-order chi connectivity index (χ1) is 6.89. The second-order valence-corrected chi connectivity index (χ2v) is 4.94. The van der Waals surface area contributed by atoms with Crippen LogP contribution in [-0.4, -0.2) is 49.5 Å². The molecule has 1 rings (SSSR count). The predicted octanol–water partition coefficient (Wildman–Crippen LogP) is 0.747. The van der Waals surface area contributed by atoms with Gasteiger partial charge < -0.3 is 14.0 Å². The smallest absolute Gasteiger partial charge is 0.306 e. The zero-order valence-corrected chi connectivity index (χ0v) is 9.78. The highest BCUT2D eigenvalue weighted by Gasteiger charge is 2.33. The lowest BCUT2D eigenvalue weighted by atomic mass is 10.2. The molecule has 0 saturated carbocycles. The second kappa shape index (κ2) is 4.75. The van der Waals surface area contributed by atoms with E-state index in [1.165, 1.54) is 6.92 Å². The number of carbonyl (C=O) groups excluding carboxylic acids is 2. The third-order valence-corrected chi connectivity index (χ3v) is 2.73. The maximum absolute atomic E-state index is 11.3. The average Bonchev–Trinajstić information content (AvgIpc) is 2.42. The molecule has 86 valence electrons. The molecule has 1 unspecified atom stereocenters. The first-order valence-corrected chi connectivity index (χ1v) is 5.40. The van der Waals surface area contributed by atoms with Gasteiger partial charge in [-0.15, -0.1) is 0 Å². The van der Waals surface area contributed by atoms with E-state index in [1.54, 1.807) is 0 Å². The minimum Gasteiger partial charge on any atom is -0.456 e. The molecule has 0 aromatic carbocycles. The molecule has 1 aliphatic rings. The van der Waals surface area contributed by atoms with Crippen LogP contribution in [0.4, 0.5) is 0 Å². The van der Waals surface area contributed by atoms with Gasteiger partial charge in [-0.2, -0.15) is 0 Å². The minimum absolute atomic E-state index is 0.0366. The van der Waals surface area contributed by atoms with E-state index in [0.717, 1.165) is 24.0 Å². The van der Waals surface area contributed by atoms with Crippen molar-refractivity contribution in [1.82, 2.24) is 0 Å². The van der Waals surface area contributed by atoms with Crippen LogP contribution >= 0.6 is 0 Å². The number of esters is 1. The Kier molecular flexibility index (Phi) is 3.85. The van der Waals surface area contributed by atoms with Crippen LogP contribution in [0.15, 0.2) is 0 Å². The summed E-state index contributed by atoms with van der Waals surface area (Å²) in [6.07, 6.45) is 1.49. The highest BCUT2D eigenvalue weighted by Crippen LogP contribution is 2.17. The number of rotatable bonds is 4. The summed E-state index contributed by atoms with van der Waals surface area (Å²) in [5.74, 6) is -0.202. The quantitative estimate of drug-likeness (QED) is 0.512. The number of nitrogens with zero attached hydrogens (tertiary/aromatic N) is 1. The molecule has 1 fully saturated rings. The van der Waals surface area contributed by atoms with Gasteiger partial charge in [0.05, 0.1) is 27.1 Å².